The maximum Gasteiger partial charge on any atom is 0.232 e. The number of fused-ring (bicyclic) bond motifs is 1. The molecule has 5 nitrogen and oxygen atoms in total. The number of hydrogen-bond acceptors (Lipinski definition) is 3. The number of aliphatic hydroxyl groups is 1. The summed E-state index contributed by atoms with van der Waals surface area (Å²) >= 11 is 0. The lowest BCUT2D eigenvalue weighted by atomic mass is 10.1. The summed E-state index contributed by atoms with van der Waals surface area (Å²) < 4.78 is 25.6. The van der Waals surface area contributed by atoms with Crippen LogP contribution in [0.3, 0.4) is 0 Å². The van der Waals surface area contributed by atoms with Gasteiger partial charge in [-0.05, 0) is 43.5 Å². The fraction of sp³-hybridized carbons (Fsp3) is 0.385. The van der Waals surface area contributed by atoms with Gasteiger partial charge in [-0.25, -0.2) is 8.42 Å². The molecule has 0 fully saturated rings. The molecule has 0 saturated carbocycles. The number of nitrogens with one attached hydrogen (secondary N) is 2. The second-order valence-electron chi connectivity index (χ2n) is 4.41. The summed E-state index contributed by atoms with van der Waals surface area (Å²) in [6.07, 6.45) is 3.36. The number of aliphatic hydroxyl groups excluding tert-OH is 1. The van der Waals surface area contributed by atoms with E-state index in [-0.39, 0.29) is 12.4 Å². The van der Waals surface area contributed by atoms with E-state index in [1.54, 1.807) is 13.0 Å². The number of aryl methyl sites for hydroxylation is 1. The first-order valence-corrected chi connectivity index (χ1v) is 7.92. The molecule has 6 heteroatoms. The van der Waals surface area contributed by atoms with E-state index in [1.165, 1.54) is 0 Å². The number of hydrogen-bond donors (Lipinski definition) is 3. The van der Waals surface area contributed by atoms with Gasteiger partial charge in [-0.15, -0.1) is 0 Å². The van der Waals surface area contributed by atoms with Crippen molar-refractivity contribution in [2.24, 2.45) is 0 Å². The predicted octanol–water partition coefficient (Wildman–Crippen LogP) is 1.85. The van der Waals surface area contributed by atoms with Crippen LogP contribution in [0.1, 0.15) is 18.9 Å². The molecule has 0 bridgehead atoms. The predicted molar refractivity (Wildman–Crippen MR) is 76.8 cm³/mol. The van der Waals surface area contributed by atoms with Crippen molar-refractivity contribution >= 4 is 26.6 Å². The zero-order valence-electron chi connectivity index (χ0n) is 10.8. The van der Waals surface area contributed by atoms with Gasteiger partial charge in [-0.1, -0.05) is 0 Å². The van der Waals surface area contributed by atoms with E-state index in [9.17, 15) is 8.42 Å². The van der Waals surface area contributed by atoms with Crippen molar-refractivity contribution in [2.75, 3.05) is 17.1 Å². The lowest BCUT2D eigenvalue weighted by molar-refractivity contribution is 0.289. The molecule has 0 aliphatic rings. The topological polar surface area (TPSA) is 82.2 Å². The van der Waals surface area contributed by atoms with Crippen molar-refractivity contribution in [2.45, 2.75) is 19.8 Å². The molecule has 19 heavy (non-hydrogen) atoms. The van der Waals surface area contributed by atoms with E-state index in [2.05, 4.69) is 9.71 Å². The van der Waals surface area contributed by atoms with E-state index < -0.39 is 10.0 Å². The van der Waals surface area contributed by atoms with Gasteiger partial charge in [0.1, 0.15) is 0 Å². The smallest absolute Gasteiger partial charge is 0.232 e. The number of H-pyrrole nitrogens is 1. The molecule has 0 amide bonds. The highest BCUT2D eigenvalue weighted by Gasteiger charge is 2.09. The summed E-state index contributed by atoms with van der Waals surface area (Å²) in [5, 5.41) is 9.87. The Kier molecular flexibility index (Phi) is 4.11. The highest BCUT2D eigenvalue weighted by atomic mass is 32.2. The average Bonchev–Trinajstić information content (AvgIpc) is 2.78. The first-order valence-electron chi connectivity index (χ1n) is 6.27. The summed E-state index contributed by atoms with van der Waals surface area (Å²) in [5.74, 6) is 0.0511. The zero-order valence-corrected chi connectivity index (χ0v) is 11.6. The van der Waals surface area contributed by atoms with Crippen LogP contribution in [0.15, 0.2) is 24.4 Å². The third-order valence-electron chi connectivity index (χ3n) is 3.03. The van der Waals surface area contributed by atoms with E-state index in [4.69, 9.17) is 5.11 Å². The molecule has 0 unspecified atom stereocenters. The van der Waals surface area contributed by atoms with Gasteiger partial charge in [0, 0.05) is 29.4 Å². The number of benzene rings is 1. The third-order valence-corrected chi connectivity index (χ3v) is 4.33. The Morgan fingerprint density at radius 3 is 2.84 bits per heavy atom. The highest BCUT2D eigenvalue weighted by molar-refractivity contribution is 7.92. The first-order chi connectivity index (χ1) is 9.05. The van der Waals surface area contributed by atoms with Crippen molar-refractivity contribution in [1.29, 1.82) is 0 Å². The molecule has 1 aromatic carbocycles. The largest absolute Gasteiger partial charge is 0.396 e. The molecule has 0 atom stereocenters. The molecule has 0 saturated heterocycles. The van der Waals surface area contributed by atoms with E-state index in [1.807, 2.05) is 18.3 Å². The fourth-order valence-electron chi connectivity index (χ4n) is 1.97. The number of aromatic nitrogens is 1. The monoisotopic (exact) mass is 282 g/mol. The lowest BCUT2D eigenvalue weighted by Crippen LogP contribution is -2.14. The Hall–Kier alpha value is -1.53. The maximum atomic E-state index is 11.5. The minimum atomic E-state index is -3.25. The molecule has 0 aliphatic carbocycles. The maximum absolute atomic E-state index is 11.5. The summed E-state index contributed by atoms with van der Waals surface area (Å²) in [5.41, 5.74) is 2.62. The van der Waals surface area contributed by atoms with Crippen molar-refractivity contribution in [3.8, 4) is 0 Å². The van der Waals surface area contributed by atoms with Crippen LogP contribution in [0.25, 0.3) is 10.9 Å². The minimum Gasteiger partial charge on any atom is -0.396 e. The Balaban J connectivity index is 2.33. The molecule has 3 N–H and O–H groups in total. The molecule has 2 aromatic rings. The highest BCUT2D eigenvalue weighted by Crippen LogP contribution is 2.24. The van der Waals surface area contributed by atoms with Crippen LogP contribution >= 0.6 is 0 Å². The van der Waals surface area contributed by atoms with E-state index >= 15 is 0 Å². The summed E-state index contributed by atoms with van der Waals surface area (Å²) in [6, 6.07) is 5.42. The Morgan fingerprint density at radius 1 is 1.37 bits per heavy atom. The third kappa shape index (κ3) is 3.27. The van der Waals surface area contributed by atoms with Gasteiger partial charge in [-0.2, -0.15) is 0 Å². The second-order valence-corrected chi connectivity index (χ2v) is 6.42. The lowest BCUT2D eigenvalue weighted by Gasteiger charge is -2.06. The Morgan fingerprint density at radius 2 is 2.16 bits per heavy atom. The zero-order chi connectivity index (χ0) is 13.9. The Labute approximate surface area is 112 Å². The number of aromatic amines is 1. The minimum absolute atomic E-state index is 0.0511. The fourth-order valence-corrected chi connectivity index (χ4v) is 2.60. The van der Waals surface area contributed by atoms with Crippen LogP contribution < -0.4 is 4.72 Å². The molecular weight excluding hydrogens is 264 g/mol. The molecule has 104 valence electrons. The average molecular weight is 282 g/mol. The molecule has 0 spiro atoms. The normalized spacial score (nSPS) is 11.9. The second kappa shape index (κ2) is 5.63. The summed E-state index contributed by atoms with van der Waals surface area (Å²) in [4.78, 5) is 3.14. The van der Waals surface area contributed by atoms with Crippen LogP contribution in [-0.2, 0) is 16.4 Å². The van der Waals surface area contributed by atoms with Gasteiger partial charge in [0.25, 0.3) is 0 Å². The standard InChI is InChI=1S/C13H18N2O3S/c1-2-19(17,18)15-11-5-6-13-12(8-11)10(9-14-13)4-3-7-16/h5-6,8-9,14-16H,2-4,7H2,1H3. The van der Waals surface area contributed by atoms with Gasteiger partial charge in [0.05, 0.1) is 5.75 Å². The molecular formula is C13H18N2O3S. The Bertz CT molecular complexity index is 662. The molecule has 2 rings (SSSR count). The number of rotatable bonds is 6. The van der Waals surface area contributed by atoms with Crippen LogP contribution in [0.2, 0.25) is 0 Å². The SMILES string of the molecule is CCS(=O)(=O)Nc1ccc2[nH]cc(CCCO)c2c1. The number of sulfonamides is 1. The van der Waals surface area contributed by atoms with Crippen LogP contribution in [-0.4, -0.2) is 30.9 Å². The van der Waals surface area contributed by atoms with Crippen molar-refractivity contribution < 1.29 is 13.5 Å². The van der Waals surface area contributed by atoms with E-state index in [0.29, 0.717) is 12.1 Å². The van der Waals surface area contributed by atoms with Crippen molar-refractivity contribution in [3.05, 3.63) is 30.0 Å². The summed E-state index contributed by atoms with van der Waals surface area (Å²) in [6.45, 7) is 1.75. The van der Waals surface area contributed by atoms with Gasteiger partial charge in [-0.3, -0.25) is 4.72 Å². The van der Waals surface area contributed by atoms with Crippen LogP contribution in [0, 0.1) is 0 Å². The van der Waals surface area contributed by atoms with Gasteiger partial charge in [0.2, 0.25) is 10.0 Å². The number of anilines is 1. The molecule has 1 heterocycles. The van der Waals surface area contributed by atoms with Crippen molar-refractivity contribution in [1.82, 2.24) is 4.98 Å². The molecule has 1 aromatic heterocycles. The van der Waals surface area contributed by atoms with Gasteiger partial charge < -0.3 is 10.1 Å². The van der Waals surface area contributed by atoms with E-state index in [0.717, 1.165) is 22.9 Å². The van der Waals surface area contributed by atoms with Crippen LogP contribution in [0.4, 0.5) is 5.69 Å². The molecule has 0 radical (unpaired) electrons. The van der Waals surface area contributed by atoms with Gasteiger partial charge >= 0.3 is 0 Å². The first kappa shape index (κ1) is 13.9. The quantitative estimate of drug-likeness (QED) is 0.756. The van der Waals surface area contributed by atoms with Gasteiger partial charge in [0.15, 0.2) is 0 Å². The van der Waals surface area contributed by atoms with Crippen molar-refractivity contribution in [3.63, 3.8) is 0 Å². The summed E-state index contributed by atoms with van der Waals surface area (Å²) in [7, 11) is -3.25. The van der Waals surface area contributed by atoms with Crippen LogP contribution in [0.5, 0.6) is 0 Å². The molecule has 0 aliphatic heterocycles.